The Kier molecular flexibility index (Phi) is 6.80. The molecular weight excluding hydrogens is 295 g/mol. The minimum atomic E-state index is -3.73. The van der Waals surface area contributed by atoms with Crippen LogP contribution in [0.4, 0.5) is 0 Å². The van der Waals surface area contributed by atoms with E-state index in [4.69, 9.17) is 0 Å². The molecule has 0 bridgehead atoms. The predicted octanol–water partition coefficient (Wildman–Crippen LogP) is 3.90. The molecule has 112 valence electrons. The fraction of sp³-hybridized carbons (Fsp3) is 0.500. The predicted molar refractivity (Wildman–Crippen MR) is 82.5 cm³/mol. The Morgan fingerprint density at radius 1 is 1.35 bits per heavy atom. The number of hydrogen-bond donors (Lipinski definition) is 2. The summed E-state index contributed by atoms with van der Waals surface area (Å²) >= 11 is 1.23. The molecule has 1 aromatic rings. The van der Waals surface area contributed by atoms with Gasteiger partial charge in [0.1, 0.15) is 5.66 Å². The minimum Gasteiger partial charge on any atom is -0.481 e. The topological polar surface area (TPSA) is 74.6 Å². The summed E-state index contributed by atoms with van der Waals surface area (Å²) in [7, 11) is -3.73. The molecule has 0 spiro atoms. The van der Waals surface area contributed by atoms with Crippen molar-refractivity contribution in [1.29, 1.82) is 0 Å². The molecule has 0 radical (unpaired) electrons. The van der Waals surface area contributed by atoms with E-state index in [1.165, 1.54) is 11.8 Å². The van der Waals surface area contributed by atoms with Crippen LogP contribution in [0.1, 0.15) is 26.7 Å². The lowest BCUT2D eigenvalue weighted by Gasteiger charge is -2.21. The van der Waals surface area contributed by atoms with Gasteiger partial charge >= 0.3 is 5.97 Å². The number of rotatable bonds is 8. The number of aliphatic carboxylic acids is 1. The van der Waals surface area contributed by atoms with Crippen molar-refractivity contribution in [1.82, 2.24) is 0 Å². The maximum absolute atomic E-state index is 12.3. The van der Waals surface area contributed by atoms with Gasteiger partial charge < -0.3 is 10.00 Å². The van der Waals surface area contributed by atoms with Gasteiger partial charge in [0.05, 0.1) is 5.49 Å². The van der Waals surface area contributed by atoms with E-state index >= 15 is 0 Å². The Hall–Kier alpha value is -0.770. The molecule has 0 saturated carbocycles. The molecule has 2 N–H and O–H groups in total. The van der Waals surface area contributed by atoms with Crippen molar-refractivity contribution < 1.29 is 19.4 Å². The van der Waals surface area contributed by atoms with Gasteiger partial charge in [0.15, 0.2) is 0 Å². The first-order chi connectivity index (χ1) is 9.36. The van der Waals surface area contributed by atoms with Gasteiger partial charge in [-0.15, -0.1) is 11.8 Å². The van der Waals surface area contributed by atoms with Crippen LogP contribution in [-0.2, 0) is 9.36 Å². The van der Waals surface area contributed by atoms with Gasteiger partial charge in [0.25, 0.3) is 0 Å². The number of hydrogen-bond acceptors (Lipinski definition) is 3. The summed E-state index contributed by atoms with van der Waals surface area (Å²) in [6.45, 7) is 3.85. The zero-order valence-corrected chi connectivity index (χ0v) is 13.4. The van der Waals surface area contributed by atoms with E-state index < -0.39 is 19.0 Å². The first kappa shape index (κ1) is 17.3. The van der Waals surface area contributed by atoms with Gasteiger partial charge in [-0.3, -0.25) is 9.36 Å². The highest BCUT2D eigenvalue weighted by molar-refractivity contribution is 8.05. The van der Waals surface area contributed by atoms with Gasteiger partial charge in [0.2, 0.25) is 7.37 Å². The molecule has 0 amide bonds. The second-order valence-electron chi connectivity index (χ2n) is 4.95. The van der Waals surface area contributed by atoms with Gasteiger partial charge in [0, 0.05) is 4.90 Å². The Labute approximate surface area is 124 Å². The van der Waals surface area contributed by atoms with Crippen molar-refractivity contribution >= 4 is 25.1 Å². The number of benzene rings is 1. The van der Waals surface area contributed by atoms with Crippen LogP contribution in [0.15, 0.2) is 35.2 Å². The molecule has 3 unspecified atom stereocenters. The van der Waals surface area contributed by atoms with E-state index in [0.717, 1.165) is 11.3 Å². The molecule has 0 heterocycles. The molecule has 0 aliphatic heterocycles. The molecule has 1 aromatic carbocycles. The average molecular weight is 316 g/mol. The summed E-state index contributed by atoms with van der Waals surface area (Å²) in [4.78, 5) is 22.2. The normalized spacial score (nSPS) is 17.1. The molecule has 0 aliphatic rings. The average Bonchev–Trinajstić information content (AvgIpc) is 2.43. The minimum absolute atomic E-state index is 0.0651. The van der Waals surface area contributed by atoms with Gasteiger partial charge in [-0.1, -0.05) is 38.5 Å². The molecule has 0 aromatic heterocycles. The van der Waals surface area contributed by atoms with Crippen molar-refractivity contribution in [3.63, 3.8) is 0 Å². The van der Waals surface area contributed by atoms with Crippen LogP contribution in [0.25, 0.3) is 0 Å². The summed E-state index contributed by atoms with van der Waals surface area (Å²) in [5.74, 6) is -1.05. The second kappa shape index (κ2) is 7.87. The van der Waals surface area contributed by atoms with Crippen molar-refractivity contribution in [2.45, 2.75) is 37.2 Å². The van der Waals surface area contributed by atoms with Crippen LogP contribution < -0.4 is 0 Å². The van der Waals surface area contributed by atoms with Crippen LogP contribution in [0.5, 0.6) is 0 Å². The summed E-state index contributed by atoms with van der Waals surface area (Å²) in [6, 6.07) is 9.24. The maximum Gasteiger partial charge on any atom is 0.316 e. The van der Waals surface area contributed by atoms with Crippen molar-refractivity contribution in [3.8, 4) is 0 Å². The SMILES string of the molecule is CCC(C)CC(C(=O)O)P(=O)(O)CSc1ccccc1. The lowest BCUT2D eigenvalue weighted by atomic mass is 10.0. The van der Waals surface area contributed by atoms with Crippen LogP contribution in [0.2, 0.25) is 0 Å². The Morgan fingerprint density at radius 2 is 1.95 bits per heavy atom. The van der Waals surface area contributed by atoms with E-state index in [1.54, 1.807) is 0 Å². The van der Waals surface area contributed by atoms with Crippen LogP contribution >= 0.6 is 19.1 Å². The van der Waals surface area contributed by atoms with E-state index in [0.29, 0.717) is 0 Å². The smallest absolute Gasteiger partial charge is 0.316 e. The van der Waals surface area contributed by atoms with Crippen molar-refractivity contribution in [3.05, 3.63) is 30.3 Å². The van der Waals surface area contributed by atoms with E-state index in [1.807, 2.05) is 44.2 Å². The molecule has 0 fully saturated rings. The largest absolute Gasteiger partial charge is 0.481 e. The Balaban J connectivity index is 2.72. The van der Waals surface area contributed by atoms with Crippen molar-refractivity contribution in [2.24, 2.45) is 5.92 Å². The zero-order chi connectivity index (χ0) is 15.2. The van der Waals surface area contributed by atoms with E-state index in [9.17, 15) is 19.4 Å². The van der Waals surface area contributed by atoms with Gasteiger partial charge in [-0.05, 0) is 24.5 Å². The van der Waals surface area contributed by atoms with E-state index in [2.05, 4.69) is 0 Å². The molecule has 6 heteroatoms. The molecule has 20 heavy (non-hydrogen) atoms. The first-order valence-corrected chi connectivity index (χ1v) is 9.49. The third kappa shape index (κ3) is 5.31. The molecule has 1 rings (SSSR count). The molecule has 0 saturated heterocycles. The summed E-state index contributed by atoms with van der Waals surface area (Å²) in [6.07, 6.45) is 1.05. The summed E-state index contributed by atoms with van der Waals surface area (Å²) in [5.41, 5.74) is -1.24. The monoisotopic (exact) mass is 316 g/mol. The fourth-order valence-corrected chi connectivity index (χ4v) is 5.20. The summed E-state index contributed by atoms with van der Waals surface area (Å²) < 4.78 is 12.3. The Bertz CT molecular complexity index is 477. The molecule has 0 aliphatic carbocycles. The first-order valence-electron chi connectivity index (χ1n) is 6.59. The quantitative estimate of drug-likeness (QED) is 0.562. The number of carboxylic acid groups (broad SMARTS) is 1. The number of carbonyl (C=O) groups is 1. The number of carboxylic acids is 1. The molecular formula is C14H21O4PS. The lowest BCUT2D eigenvalue weighted by molar-refractivity contribution is -0.137. The van der Waals surface area contributed by atoms with Crippen molar-refractivity contribution in [2.75, 3.05) is 5.49 Å². The van der Waals surface area contributed by atoms with E-state index in [-0.39, 0.29) is 17.8 Å². The Morgan fingerprint density at radius 3 is 2.45 bits per heavy atom. The highest BCUT2D eigenvalue weighted by Crippen LogP contribution is 2.52. The van der Waals surface area contributed by atoms with Crippen LogP contribution in [0, 0.1) is 5.92 Å². The third-order valence-corrected chi connectivity index (χ3v) is 7.26. The maximum atomic E-state index is 12.3. The van der Waals surface area contributed by atoms with Gasteiger partial charge in [-0.2, -0.15) is 0 Å². The standard InChI is InChI=1S/C14H21O4PS/c1-3-11(2)9-13(14(15)16)19(17,18)10-20-12-7-5-4-6-8-12/h4-8,11,13H,3,9-10H2,1-2H3,(H,15,16)(H,17,18). The highest BCUT2D eigenvalue weighted by atomic mass is 32.2. The fourth-order valence-electron chi connectivity index (χ4n) is 1.76. The van der Waals surface area contributed by atoms with Crippen LogP contribution in [0.3, 0.4) is 0 Å². The van der Waals surface area contributed by atoms with Crippen LogP contribution in [-0.4, -0.2) is 27.1 Å². The lowest BCUT2D eigenvalue weighted by Crippen LogP contribution is -2.23. The van der Waals surface area contributed by atoms with Gasteiger partial charge in [-0.25, -0.2) is 0 Å². The second-order valence-corrected chi connectivity index (χ2v) is 8.87. The molecule has 4 nitrogen and oxygen atoms in total. The number of thioether (sulfide) groups is 1. The third-order valence-electron chi connectivity index (χ3n) is 3.25. The highest BCUT2D eigenvalue weighted by Gasteiger charge is 2.37. The molecule has 3 atom stereocenters. The summed E-state index contributed by atoms with van der Waals surface area (Å²) in [5, 5.41) is 9.21. The zero-order valence-electron chi connectivity index (χ0n) is 11.7.